The van der Waals surface area contributed by atoms with E-state index in [0.717, 1.165) is 30.4 Å². The Labute approximate surface area is 145 Å². The number of anilines is 1. The topological polar surface area (TPSA) is 55.4 Å². The van der Waals surface area contributed by atoms with Crippen molar-refractivity contribution in [3.05, 3.63) is 51.4 Å². The molecule has 0 aliphatic heterocycles. The Morgan fingerprint density at radius 3 is 2.75 bits per heavy atom. The largest absolute Gasteiger partial charge is 0.465 e. The van der Waals surface area contributed by atoms with Crippen LogP contribution in [0.2, 0.25) is 0 Å². The quantitative estimate of drug-likeness (QED) is 0.849. The molecule has 1 atom stereocenters. The standard InChI is InChI=1S/C19H21NO3S/c1-11-8-9-14-15(10-11)24-18(16(14)19(22)23-3)20-17(21)13-7-5-4-6-12(13)2/h4-7,11H,8-10H2,1-3H3,(H,20,21)/t11-/m0/s1. The Morgan fingerprint density at radius 1 is 1.29 bits per heavy atom. The highest BCUT2D eigenvalue weighted by molar-refractivity contribution is 7.17. The first-order valence-electron chi connectivity index (χ1n) is 8.11. The van der Waals surface area contributed by atoms with E-state index in [1.165, 1.54) is 23.3 Å². The van der Waals surface area contributed by atoms with Gasteiger partial charge in [-0.2, -0.15) is 0 Å². The maximum absolute atomic E-state index is 12.6. The number of esters is 1. The van der Waals surface area contributed by atoms with Crippen molar-refractivity contribution in [3.8, 4) is 0 Å². The molecule has 1 heterocycles. The fourth-order valence-corrected chi connectivity index (χ4v) is 4.55. The van der Waals surface area contributed by atoms with Gasteiger partial charge in [-0.1, -0.05) is 25.1 Å². The maximum atomic E-state index is 12.6. The third-order valence-corrected chi connectivity index (χ3v) is 5.69. The number of carbonyl (C=O) groups is 2. The van der Waals surface area contributed by atoms with E-state index in [9.17, 15) is 9.59 Å². The molecule has 1 aromatic carbocycles. The summed E-state index contributed by atoms with van der Waals surface area (Å²) in [6, 6.07) is 7.43. The van der Waals surface area contributed by atoms with Crippen molar-refractivity contribution in [1.29, 1.82) is 0 Å². The van der Waals surface area contributed by atoms with Gasteiger partial charge in [0.05, 0.1) is 12.7 Å². The lowest BCUT2D eigenvalue weighted by molar-refractivity contribution is 0.0601. The van der Waals surface area contributed by atoms with E-state index in [1.807, 2.05) is 25.1 Å². The Morgan fingerprint density at radius 2 is 2.04 bits per heavy atom. The van der Waals surface area contributed by atoms with E-state index < -0.39 is 0 Å². The minimum absolute atomic E-state index is 0.190. The third kappa shape index (κ3) is 3.08. The first-order chi connectivity index (χ1) is 11.5. The number of hydrogen-bond donors (Lipinski definition) is 1. The minimum atomic E-state index is -0.373. The smallest absolute Gasteiger partial charge is 0.341 e. The van der Waals surface area contributed by atoms with Gasteiger partial charge in [-0.15, -0.1) is 11.3 Å². The summed E-state index contributed by atoms with van der Waals surface area (Å²) >= 11 is 1.51. The van der Waals surface area contributed by atoms with Gasteiger partial charge in [0.15, 0.2) is 0 Å². The van der Waals surface area contributed by atoms with Crippen LogP contribution in [0.3, 0.4) is 0 Å². The van der Waals surface area contributed by atoms with Crippen LogP contribution in [0.1, 0.15) is 50.1 Å². The summed E-state index contributed by atoms with van der Waals surface area (Å²) in [4.78, 5) is 26.1. The molecule has 0 unspecified atom stereocenters. The van der Waals surface area contributed by atoms with Crippen LogP contribution in [0, 0.1) is 12.8 Å². The van der Waals surface area contributed by atoms with Crippen LogP contribution in [0.15, 0.2) is 24.3 Å². The SMILES string of the molecule is COC(=O)c1c(NC(=O)c2ccccc2C)sc2c1CC[C@H](C)C2. The number of nitrogens with one attached hydrogen (secondary N) is 1. The highest BCUT2D eigenvalue weighted by Crippen LogP contribution is 2.40. The molecule has 24 heavy (non-hydrogen) atoms. The van der Waals surface area contributed by atoms with Crippen molar-refractivity contribution in [2.24, 2.45) is 5.92 Å². The normalized spacial score (nSPS) is 16.4. The van der Waals surface area contributed by atoms with Crippen LogP contribution in [0.4, 0.5) is 5.00 Å². The number of methoxy groups -OCH3 is 1. The summed E-state index contributed by atoms with van der Waals surface area (Å²) in [5.41, 5.74) is 3.11. The monoisotopic (exact) mass is 343 g/mol. The highest BCUT2D eigenvalue weighted by atomic mass is 32.1. The Balaban J connectivity index is 1.97. The Bertz CT molecular complexity index is 794. The molecule has 5 heteroatoms. The van der Waals surface area contributed by atoms with Crippen LogP contribution in [-0.4, -0.2) is 19.0 Å². The second-order valence-corrected chi connectivity index (χ2v) is 7.42. The lowest BCUT2D eigenvalue weighted by Gasteiger charge is -2.18. The summed E-state index contributed by atoms with van der Waals surface area (Å²) in [7, 11) is 1.38. The van der Waals surface area contributed by atoms with Gasteiger partial charge in [-0.3, -0.25) is 4.79 Å². The molecule has 4 nitrogen and oxygen atoms in total. The zero-order valence-electron chi connectivity index (χ0n) is 14.1. The molecular weight excluding hydrogens is 322 g/mol. The fourth-order valence-electron chi connectivity index (χ4n) is 3.15. The molecule has 0 spiro atoms. The first-order valence-corrected chi connectivity index (χ1v) is 8.92. The highest BCUT2D eigenvalue weighted by Gasteiger charge is 2.29. The number of ether oxygens (including phenoxy) is 1. The molecular formula is C19H21NO3S. The van der Waals surface area contributed by atoms with Crippen LogP contribution in [0.5, 0.6) is 0 Å². The lowest BCUT2D eigenvalue weighted by Crippen LogP contribution is -2.16. The number of rotatable bonds is 3. The van der Waals surface area contributed by atoms with Crippen LogP contribution < -0.4 is 5.32 Å². The van der Waals surface area contributed by atoms with E-state index in [-0.39, 0.29) is 11.9 Å². The average Bonchev–Trinajstić information content (AvgIpc) is 2.91. The van der Waals surface area contributed by atoms with Crippen molar-refractivity contribution in [2.45, 2.75) is 33.1 Å². The number of benzene rings is 1. The Kier molecular flexibility index (Phi) is 4.71. The molecule has 0 saturated heterocycles. The average molecular weight is 343 g/mol. The van der Waals surface area contributed by atoms with E-state index in [2.05, 4.69) is 12.2 Å². The molecule has 0 radical (unpaired) electrons. The van der Waals surface area contributed by atoms with E-state index in [0.29, 0.717) is 22.0 Å². The van der Waals surface area contributed by atoms with Gasteiger partial charge in [0, 0.05) is 10.4 Å². The second kappa shape index (κ2) is 6.77. The van der Waals surface area contributed by atoms with Gasteiger partial charge in [0.1, 0.15) is 5.00 Å². The molecule has 3 rings (SSSR count). The molecule has 0 saturated carbocycles. The molecule has 1 aliphatic carbocycles. The van der Waals surface area contributed by atoms with Crippen molar-refractivity contribution < 1.29 is 14.3 Å². The number of carbonyl (C=O) groups excluding carboxylic acids is 2. The van der Waals surface area contributed by atoms with E-state index in [1.54, 1.807) is 6.07 Å². The zero-order chi connectivity index (χ0) is 17.3. The van der Waals surface area contributed by atoms with Crippen LogP contribution >= 0.6 is 11.3 Å². The second-order valence-electron chi connectivity index (χ2n) is 6.32. The summed E-state index contributed by atoms with van der Waals surface area (Å²) in [6.07, 6.45) is 2.86. The van der Waals surface area contributed by atoms with Crippen molar-refractivity contribution in [2.75, 3.05) is 12.4 Å². The van der Waals surface area contributed by atoms with Crippen LogP contribution in [-0.2, 0) is 17.6 Å². The van der Waals surface area contributed by atoms with Crippen molar-refractivity contribution in [1.82, 2.24) is 0 Å². The van der Waals surface area contributed by atoms with Crippen molar-refractivity contribution in [3.63, 3.8) is 0 Å². The zero-order valence-corrected chi connectivity index (χ0v) is 15.0. The lowest BCUT2D eigenvalue weighted by atomic mass is 9.88. The van der Waals surface area contributed by atoms with Crippen molar-refractivity contribution >= 4 is 28.2 Å². The van der Waals surface area contributed by atoms with E-state index >= 15 is 0 Å². The molecule has 0 fully saturated rings. The first kappa shape index (κ1) is 16.7. The summed E-state index contributed by atoms with van der Waals surface area (Å²) in [5.74, 6) is 0.0357. The summed E-state index contributed by atoms with van der Waals surface area (Å²) in [5, 5.41) is 3.54. The van der Waals surface area contributed by atoms with Gasteiger partial charge in [-0.25, -0.2) is 4.79 Å². The molecule has 0 bridgehead atoms. The molecule has 2 aromatic rings. The fraction of sp³-hybridized carbons (Fsp3) is 0.368. The van der Waals surface area contributed by atoms with Gasteiger partial charge in [0.25, 0.3) is 5.91 Å². The third-order valence-electron chi connectivity index (χ3n) is 4.52. The predicted octanol–water partition coefficient (Wildman–Crippen LogP) is 4.22. The molecule has 1 aromatic heterocycles. The predicted molar refractivity (Wildman–Crippen MR) is 96.0 cm³/mol. The number of aryl methyl sites for hydroxylation is 1. The molecule has 1 N–H and O–H groups in total. The molecule has 1 aliphatic rings. The van der Waals surface area contributed by atoms with Crippen LogP contribution in [0.25, 0.3) is 0 Å². The Hall–Kier alpha value is -2.14. The van der Waals surface area contributed by atoms with Gasteiger partial charge in [0.2, 0.25) is 0 Å². The maximum Gasteiger partial charge on any atom is 0.341 e. The minimum Gasteiger partial charge on any atom is -0.465 e. The summed E-state index contributed by atoms with van der Waals surface area (Å²) in [6.45, 7) is 4.11. The number of amides is 1. The number of thiophene rings is 1. The van der Waals surface area contributed by atoms with Gasteiger partial charge >= 0.3 is 5.97 Å². The molecule has 1 amide bonds. The van der Waals surface area contributed by atoms with E-state index in [4.69, 9.17) is 4.74 Å². The van der Waals surface area contributed by atoms with Gasteiger partial charge in [-0.05, 0) is 49.3 Å². The summed E-state index contributed by atoms with van der Waals surface area (Å²) < 4.78 is 4.96. The number of hydrogen-bond acceptors (Lipinski definition) is 4. The number of fused-ring (bicyclic) bond motifs is 1. The van der Waals surface area contributed by atoms with Gasteiger partial charge < -0.3 is 10.1 Å². The molecule has 126 valence electrons.